The number of nitrogens with two attached hydrogens (primary N) is 1. The van der Waals surface area contributed by atoms with Crippen LogP contribution in [0.5, 0.6) is 0 Å². The summed E-state index contributed by atoms with van der Waals surface area (Å²) in [6.45, 7) is 5.52. The highest BCUT2D eigenvalue weighted by atomic mass is 127. The van der Waals surface area contributed by atoms with Crippen molar-refractivity contribution >= 4 is 79.4 Å². The van der Waals surface area contributed by atoms with E-state index in [0.717, 1.165) is 41.3 Å². The first kappa shape index (κ1) is 24.6. The van der Waals surface area contributed by atoms with E-state index >= 15 is 0 Å². The highest BCUT2D eigenvalue weighted by Gasteiger charge is 2.25. The first-order valence-electron chi connectivity index (χ1n) is 8.87. The Bertz CT molecular complexity index is 612. The molecule has 1 unspecified atom stereocenters. The molecule has 8 heteroatoms. The number of carbonyl (C=O) groups excluding carboxylic acids is 1. The zero-order valence-electron chi connectivity index (χ0n) is 15.2. The van der Waals surface area contributed by atoms with Crippen LogP contribution in [-0.4, -0.2) is 30.3 Å². The lowest BCUT2D eigenvalue weighted by Gasteiger charge is -2.19. The second-order valence-corrected chi connectivity index (χ2v) is 9.23. The Morgan fingerprint density at radius 2 is 1.88 bits per heavy atom. The average molecular weight is 700 g/mol. The van der Waals surface area contributed by atoms with E-state index in [1.54, 1.807) is 0 Å². The highest BCUT2D eigenvalue weighted by Crippen LogP contribution is 2.36. The van der Waals surface area contributed by atoms with Gasteiger partial charge in [-0.05, 0) is 86.2 Å². The van der Waals surface area contributed by atoms with Crippen LogP contribution >= 0.6 is 67.8 Å². The number of unbranched alkanes of at least 4 members (excludes halogenated alkanes) is 2. The van der Waals surface area contributed by atoms with Crippen molar-refractivity contribution in [1.29, 1.82) is 0 Å². The fourth-order valence-electron chi connectivity index (χ4n) is 2.38. The van der Waals surface area contributed by atoms with Gasteiger partial charge < -0.3 is 20.9 Å². The van der Waals surface area contributed by atoms with Crippen molar-refractivity contribution in [2.45, 2.75) is 58.6 Å². The number of halogens is 3. The van der Waals surface area contributed by atoms with Gasteiger partial charge in [-0.2, -0.15) is 0 Å². The number of aliphatic hydroxyl groups excluding tert-OH is 1. The number of carbonyl (C=O) groups is 1. The molecule has 0 saturated heterocycles. The molecular formula is C18H27I3N2O3. The molecule has 1 aromatic carbocycles. The Labute approximate surface area is 197 Å². The van der Waals surface area contributed by atoms with Gasteiger partial charge in [0.1, 0.15) is 0 Å². The van der Waals surface area contributed by atoms with E-state index in [2.05, 4.69) is 80.0 Å². The van der Waals surface area contributed by atoms with Crippen LogP contribution in [0.3, 0.4) is 0 Å². The number of ether oxygens (including phenoxy) is 1. The maximum atomic E-state index is 12.7. The summed E-state index contributed by atoms with van der Waals surface area (Å²) in [4.78, 5) is 12.7. The van der Waals surface area contributed by atoms with Crippen molar-refractivity contribution in [3.05, 3.63) is 21.8 Å². The third-order valence-corrected chi connectivity index (χ3v) is 7.51. The van der Waals surface area contributed by atoms with Crippen LogP contribution in [0.1, 0.15) is 61.9 Å². The van der Waals surface area contributed by atoms with Crippen molar-refractivity contribution in [3.63, 3.8) is 0 Å². The number of benzene rings is 1. The maximum absolute atomic E-state index is 12.7. The lowest BCUT2D eigenvalue weighted by molar-refractivity contribution is 0.0426. The van der Waals surface area contributed by atoms with E-state index in [4.69, 9.17) is 10.5 Å². The Balaban J connectivity index is 3.07. The van der Waals surface area contributed by atoms with Gasteiger partial charge in [-0.15, -0.1) is 0 Å². The Morgan fingerprint density at radius 1 is 1.19 bits per heavy atom. The van der Waals surface area contributed by atoms with Crippen LogP contribution < -0.4 is 11.1 Å². The number of anilines is 1. The van der Waals surface area contributed by atoms with Gasteiger partial charge >= 0.3 is 5.97 Å². The van der Waals surface area contributed by atoms with Gasteiger partial charge in [0.2, 0.25) is 0 Å². The molecule has 4 N–H and O–H groups in total. The summed E-state index contributed by atoms with van der Waals surface area (Å²) in [5, 5.41) is 13.1. The van der Waals surface area contributed by atoms with E-state index in [1.165, 1.54) is 6.42 Å². The summed E-state index contributed by atoms with van der Waals surface area (Å²) in [6, 6.07) is 0. The van der Waals surface area contributed by atoms with Crippen molar-refractivity contribution < 1.29 is 14.6 Å². The third-order valence-electron chi connectivity index (χ3n) is 4.05. The molecule has 26 heavy (non-hydrogen) atoms. The number of aliphatic hydroxyl groups is 1. The minimum Gasteiger partial charge on any atom is -0.462 e. The Morgan fingerprint density at radius 3 is 2.46 bits per heavy atom. The smallest absolute Gasteiger partial charge is 0.340 e. The first-order valence-corrected chi connectivity index (χ1v) is 12.1. The lowest BCUT2D eigenvalue weighted by atomic mass is 10.1. The van der Waals surface area contributed by atoms with E-state index in [-0.39, 0.29) is 12.6 Å². The monoisotopic (exact) mass is 700 g/mol. The number of hydrogen-bond acceptors (Lipinski definition) is 5. The molecule has 0 saturated carbocycles. The molecule has 0 heterocycles. The summed E-state index contributed by atoms with van der Waals surface area (Å²) >= 11 is 6.69. The average Bonchev–Trinajstić information content (AvgIpc) is 2.61. The van der Waals surface area contributed by atoms with Crippen molar-refractivity contribution in [1.82, 2.24) is 0 Å². The zero-order chi connectivity index (χ0) is 19.7. The molecule has 1 rings (SSSR count). The molecule has 0 aliphatic rings. The topological polar surface area (TPSA) is 84.6 Å². The standard InChI is InChI=1S/C18H27I3N2O3/c1-3-5-6-8-23-17-15(20)12(10-22)14(19)13(16(17)21)18(25)26-9-7-11(24)4-2/h11,23-24H,3-10,22H2,1-2H3. The van der Waals surface area contributed by atoms with Gasteiger partial charge in [-0.1, -0.05) is 26.7 Å². The minimum atomic E-state index is -0.437. The molecule has 0 fully saturated rings. The summed E-state index contributed by atoms with van der Waals surface area (Å²) in [5.74, 6) is -0.357. The maximum Gasteiger partial charge on any atom is 0.340 e. The molecule has 0 spiro atoms. The Kier molecular flexibility index (Phi) is 12.3. The number of rotatable bonds is 11. The lowest BCUT2D eigenvalue weighted by Crippen LogP contribution is -2.19. The summed E-state index contributed by atoms with van der Waals surface area (Å²) in [7, 11) is 0. The van der Waals surface area contributed by atoms with Gasteiger partial charge in [0.05, 0.1) is 27.5 Å². The van der Waals surface area contributed by atoms with Crippen LogP contribution in [0.2, 0.25) is 0 Å². The fraction of sp³-hybridized carbons (Fsp3) is 0.611. The van der Waals surface area contributed by atoms with E-state index in [1.807, 2.05) is 6.92 Å². The van der Waals surface area contributed by atoms with Crippen LogP contribution in [0, 0.1) is 10.7 Å². The molecule has 5 nitrogen and oxygen atoms in total. The first-order chi connectivity index (χ1) is 12.4. The molecule has 148 valence electrons. The molecule has 0 aliphatic carbocycles. The van der Waals surface area contributed by atoms with Crippen molar-refractivity contribution in [2.24, 2.45) is 5.73 Å². The molecule has 0 radical (unpaired) electrons. The summed E-state index contributed by atoms with van der Waals surface area (Å²) in [5.41, 5.74) is 8.44. The SMILES string of the molecule is CCCCCNc1c(I)c(CN)c(I)c(C(=O)OCCC(O)CC)c1I. The molecular weight excluding hydrogens is 673 g/mol. The van der Waals surface area contributed by atoms with Crippen LogP contribution in [0.25, 0.3) is 0 Å². The number of esters is 1. The number of nitrogens with one attached hydrogen (secondary N) is 1. The van der Waals surface area contributed by atoms with E-state index < -0.39 is 6.10 Å². The van der Waals surface area contributed by atoms with Gasteiger partial charge in [0, 0.05) is 26.7 Å². The largest absolute Gasteiger partial charge is 0.462 e. The van der Waals surface area contributed by atoms with Crippen LogP contribution in [0.4, 0.5) is 5.69 Å². The predicted octanol–water partition coefficient (Wildman–Crippen LogP) is 4.88. The number of hydrogen-bond donors (Lipinski definition) is 3. The Hall–Kier alpha value is 0.600. The predicted molar refractivity (Wildman–Crippen MR) is 132 cm³/mol. The van der Waals surface area contributed by atoms with Crippen molar-refractivity contribution in [3.8, 4) is 0 Å². The molecule has 1 atom stereocenters. The summed E-state index contributed by atoms with van der Waals surface area (Å²) in [6.07, 6.45) is 4.08. The normalized spacial score (nSPS) is 12.1. The van der Waals surface area contributed by atoms with Crippen LogP contribution in [0.15, 0.2) is 0 Å². The van der Waals surface area contributed by atoms with Crippen LogP contribution in [-0.2, 0) is 11.3 Å². The third kappa shape index (κ3) is 6.89. The summed E-state index contributed by atoms with van der Waals surface area (Å²) < 4.78 is 8.20. The molecule has 1 aromatic rings. The van der Waals surface area contributed by atoms with Crippen molar-refractivity contribution in [2.75, 3.05) is 18.5 Å². The van der Waals surface area contributed by atoms with E-state index in [9.17, 15) is 9.90 Å². The van der Waals surface area contributed by atoms with E-state index in [0.29, 0.717) is 24.9 Å². The second-order valence-electron chi connectivity index (χ2n) is 6.00. The quantitative estimate of drug-likeness (QED) is 0.174. The van der Waals surface area contributed by atoms with Gasteiger partial charge in [0.25, 0.3) is 0 Å². The van der Waals surface area contributed by atoms with Gasteiger partial charge in [-0.25, -0.2) is 4.79 Å². The zero-order valence-corrected chi connectivity index (χ0v) is 21.7. The molecule has 0 aliphatic heterocycles. The molecule has 0 amide bonds. The molecule has 0 bridgehead atoms. The van der Waals surface area contributed by atoms with Gasteiger partial charge in [-0.3, -0.25) is 0 Å². The molecule has 0 aromatic heterocycles. The minimum absolute atomic E-state index is 0.212. The highest BCUT2D eigenvalue weighted by molar-refractivity contribution is 14.1. The fourth-order valence-corrected chi connectivity index (χ4v) is 6.81. The second kappa shape index (κ2) is 12.9. The van der Waals surface area contributed by atoms with Gasteiger partial charge in [0.15, 0.2) is 0 Å².